The number of carbonyl (C=O) groups is 4. The number of imide groups is 1. The fraction of sp³-hybridized carbons (Fsp3) is 0.440. The first-order valence-corrected chi connectivity index (χ1v) is 12.0. The van der Waals surface area contributed by atoms with Crippen molar-refractivity contribution < 1.29 is 19.2 Å². The third kappa shape index (κ3) is 4.35. The second-order valence-corrected chi connectivity index (χ2v) is 9.46. The zero-order valence-electron chi connectivity index (χ0n) is 20.0. The van der Waals surface area contributed by atoms with Crippen LogP contribution in [0.1, 0.15) is 52.1 Å². The van der Waals surface area contributed by atoms with Crippen LogP contribution in [0, 0.1) is 12.3 Å². The first-order valence-electron chi connectivity index (χ1n) is 12.0. The predicted octanol–water partition coefficient (Wildman–Crippen LogP) is 0.198. The number of piperidine rings is 2. The van der Waals surface area contributed by atoms with Crippen molar-refractivity contribution in [2.24, 2.45) is 0 Å². The van der Waals surface area contributed by atoms with Crippen LogP contribution in [0.2, 0.25) is 0 Å². The number of terminal acetylenes is 1. The van der Waals surface area contributed by atoms with Crippen molar-refractivity contribution in [2.45, 2.75) is 44.3 Å². The summed E-state index contributed by atoms with van der Waals surface area (Å²) in [6, 6.07) is 4.59. The third-order valence-corrected chi connectivity index (χ3v) is 7.14. The van der Waals surface area contributed by atoms with Crippen LogP contribution in [0.3, 0.4) is 0 Å². The van der Waals surface area contributed by atoms with Gasteiger partial charge in [-0.25, -0.2) is 4.68 Å². The molecule has 2 aromatic rings. The average Bonchev–Trinajstić information content (AvgIpc) is 3.48. The molecule has 0 spiro atoms. The Morgan fingerprint density at radius 3 is 2.72 bits per heavy atom. The fourth-order valence-corrected chi connectivity index (χ4v) is 5.11. The van der Waals surface area contributed by atoms with Gasteiger partial charge in [-0.05, 0) is 63.2 Å². The molecule has 3 aliphatic rings. The number of nitrogens with zero attached hydrogens (tertiary/aromatic N) is 6. The van der Waals surface area contributed by atoms with Gasteiger partial charge in [-0.1, -0.05) is 11.1 Å². The van der Waals surface area contributed by atoms with E-state index in [9.17, 15) is 19.2 Å². The van der Waals surface area contributed by atoms with Crippen LogP contribution in [-0.4, -0.2) is 92.1 Å². The lowest BCUT2D eigenvalue weighted by Gasteiger charge is -2.36. The molecular weight excluding hydrogens is 462 g/mol. The van der Waals surface area contributed by atoms with Crippen LogP contribution in [-0.2, 0) is 16.1 Å². The maximum atomic E-state index is 13.3. The van der Waals surface area contributed by atoms with Crippen LogP contribution >= 0.6 is 0 Å². The molecule has 1 atom stereocenters. The zero-order valence-corrected chi connectivity index (χ0v) is 20.0. The molecule has 0 radical (unpaired) electrons. The van der Waals surface area contributed by atoms with Gasteiger partial charge in [0, 0.05) is 24.6 Å². The lowest BCUT2D eigenvalue weighted by molar-refractivity contribution is -0.136. The highest BCUT2D eigenvalue weighted by atomic mass is 16.2. The molecule has 1 unspecified atom stereocenters. The molecule has 11 heteroatoms. The van der Waals surface area contributed by atoms with Crippen molar-refractivity contribution in [1.29, 1.82) is 0 Å². The number of benzene rings is 1. The molecule has 1 aromatic carbocycles. The standard InChI is InChI=1S/C25H27N7O4/c1-3-10-30(17-8-11-29(2)12-9-17)25(36)20-15-32(28-27-20)18-4-5-19-16(13-18)14-31(24(19)35)21-6-7-22(33)26-23(21)34/h1,4-5,13,15,17,21H,6-12,14H2,2H3,(H,26,33,34). The van der Waals surface area contributed by atoms with E-state index < -0.39 is 11.9 Å². The molecule has 0 aliphatic carbocycles. The van der Waals surface area contributed by atoms with Gasteiger partial charge in [-0.3, -0.25) is 24.5 Å². The molecule has 2 fully saturated rings. The van der Waals surface area contributed by atoms with Gasteiger partial charge in [0.2, 0.25) is 11.8 Å². The minimum atomic E-state index is -0.677. The maximum absolute atomic E-state index is 13.3. The number of carbonyl (C=O) groups excluding carboxylic acids is 4. The van der Waals surface area contributed by atoms with Crippen molar-refractivity contribution in [3.05, 3.63) is 41.2 Å². The Morgan fingerprint density at radius 2 is 2.00 bits per heavy atom. The number of hydrogen-bond donors (Lipinski definition) is 1. The summed E-state index contributed by atoms with van der Waals surface area (Å²) in [7, 11) is 2.06. The van der Waals surface area contributed by atoms with Crippen LogP contribution in [0.25, 0.3) is 5.69 Å². The summed E-state index contributed by atoms with van der Waals surface area (Å²) in [5.41, 5.74) is 2.08. The lowest BCUT2D eigenvalue weighted by atomic mass is 10.0. The molecule has 1 aromatic heterocycles. The van der Waals surface area contributed by atoms with E-state index in [0.29, 0.717) is 17.7 Å². The summed E-state index contributed by atoms with van der Waals surface area (Å²) in [5, 5.41) is 10.5. The normalized spacial score (nSPS) is 20.7. The fourth-order valence-electron chi connectivity index (χ4n) is 5.11. The molecule has 36 heavy (non-hydrogen) atoms. The molecule has 0 bridgehead atoms. The number of fused-ring (bicyclic) bond motifs is 1. The van der Waals surface area contributed by atoms with Gasteiger partial charge in [0.15, 0.2) is 5.69 Å². The number of hydrogen-bond acceptors (Lipinski definition) is 7. The molecule has 0 saturated carbocycles. The Labute approximate surface area is 208 Å². The van der Waals surface area contributed by atoms with Crippen molar-refractivity contribution >= 4 is 23.6 Å². The van der Waals surface area contributed by atoms with Crippen LogP contribution in [0.15, 0.2) is 24.4 Å². The molecular formula is C25H27N7O4. The number of aromatic nitrogens is 3. The summed E-state index contributed by atoms with van der Waals surface area (Å²) in [4.78, 5) is 55.3. The Balaban J connectivity index is 1.33. The van der Waals surface area contributed by atoms with E-state index in [4.69, 9.17) is 6.42 Å². The molecule has 186 valence electrons. The van der Waals surface area contributed by atoms with E-state index in [1.807, 2.05) is 0 Å². The second kappa shape index (κ2) is 9.54. The molecule has 5 rings (SSSR count). The van der Waals surface area contributed by atoms with Gasteiger partial charge in [-0.15, -0.1) is 11.5 Å². The van der Waals surface area contributed by atoms with E-state index in [0.717, 1.165) is 31.5 Å². The third-order valence-electron chi connectivity index (χ3n) is 7.14. The first kappa shape index (κ1) is 23.7. The molecule has 2 saturated heterocycles. The van der Waals surface area contributed by atoms with Crippen molar-refractivity contribution in [1.82, 2.24) is 35.0 Å². The molecule has 4 amide bonds. The number of likely N-dealkylation sites (tertiary alicyclic amines) is 1. The number of rotatable bonds is 5. The summed E-state index contributed by atoms with van der Waals surface area (Å²) < 4.78 is 1.50. The van der Waals surface area contributed by atoms with Crippen molar-refractivity contribution in [3.63, 3.8) is 0 Å². The highest BCUT2D eigenvalue weighted by Gasteiger charge is 2.39. The van der Waals surface area contributed by atoms with Crippen molar-refractivity contribution in [3.8, 4) is 18.0 Å². The molecule has 11 nitrogen and oxygen atoms in total. The average molecular weight is 490 g/mol. The summed E-state index contributed by atoms with van der Waals surface area (Å²) in [5.74, 6) is 1.31. The van der Waals surface area contributed by atoms with E-state index in [-0.39, 0.29) is 49.0 Å². The van der Waals surface area contributed by atoms with Crippen LogP contribution in [0.4, 0.5) is 0 Å². The van der Waals surface area contributed by atoms with Crippen LogP contribution < -0.4 is 5.32 Å². The quantitative estimate of drug-likeness (QED) is 0.470. The molecule has 4 heterocycles. The highest BCUT2D eigenvalue weighted by molar-refractivity contribution is 6.05. The Hall–Kier alpha value is -4.04. The number of nitrogens with one attached hydrogen (secondary N) is 1. The van der Waals surface area contributed by atoms with Gasteiger partial charge in [0.1, 0.15) is 6.04 Å². The van der Waals surface area contributed by atoms with Crippen molar-refractivity contribution in [2.75, 3.05) is 26.7 Å². The summed E-state index contributed by atoms with van der Waals surface area (Å²) in [6.07, 6.45) is 9.32. The van der Waals surface area contributed by atoms with Gasteiger partial charge < -0.3 is 14.7 Å². The summed E-state index contributed by atoms with van der Waals surface area (Å²) >= 11 is 0. The van der Waals surface area contributed by atoms with E-state index in [1.54, 1.807) is 29.3 Å². The van der Waals surface area contributed by atoms with E-state index >= 15 is 0 Å². The van der Waals surface area contributed by atoms with Gasteiger partial charge in [-0.2, -0.15) is 0 Å². The topological polar surface area (TPSA) is 121 Å². The Kier molecular flexibility index (Phi) is 6.28. The van der Waals surface area contributed by atoms with Gasteiger partial charge >= 0.3 is 0 Å². The zero-order chi connectivity index (χ0) is 25.4. The van der Waals surface area contributed by atoms with E-state index in [1.165, 1.54) is 9.58 Å². The highest BCUT2D eigenvalue weighted by Crippen LogP contribution is 2.29. The Morgan fingerprint density at radius 1 is 1.22 bits per heavy atom. The maximum Gasteiger partial charge on any atom is 0.277 e. The monoisotopic (exact) mass is 489 g/mol. The SMILES string of the molecule is C#CCN(C(=O)c1cn(-c2ccc3c(c2)CN(C2CCC(=O)NC2=O)C3=O)nn1)C1CCN(C)CC1. The largest absolute Gasteiger partial charge is 0.323 e. The minimum Gasteiger partial charge on any atom is -0.323 e. The van der Waals surface area contributed by atoms with E-state index in [2.05, 4.69) is 33.5 Å². The number of amides is 4. The Bertz CT molecular complexity index is 1270. The smallest absolute Gasteiger partial charge is 0.277 e. The predicted molar refractivity (Wildman–Crippen MR) is 128 cm³/mol. The van der Waals surface area contributed by atoms with Gasteiger partial charge in [0.05, 0.1) is 18.4 Å². The van der Waals surface area contributed by atoms with Crippen LogP contribution in [0.5, 0.6) is 0 Å². The summed E-state index contributed by atoms with van der Waals surface area (Å²) in [6.45, 7) is 2.25. The lowest BCUT2D eigenvalue weighted by Crippen LogP contribution is -2.52. The van der Waals surface area contributed by atoms with Gasteiger partial charge in [0.25, 0.3) is 11.8 Å². The second-order valence-electron chi connectivity index (χ2n) is 9.46. The molecule has 1 N–H and O–H groups in total. The molecule has 3 aliphatic heterocycles. The minimum absolute atomic E-state index is 0.0548. The first-order chi connectivity index (χ1) is 17.4.